The summed E-state index contributed by atoms with van der Waals surface area (Å²) >= 11 is 0. The molecule has 0 atom stereocenters. The minimum atomic E-state index is 0.200. The summed E-state index contributed by atoms with van der Waals surface area (Å²) in [5, 5.41) is 0. The average Bonchev–Trinajstić information content (AvgIpc) is 2.18. The first-order valence-electron chi connectivity index (χ1n) is 5.29. The molecule has 78 valence electrons. The van der Waals surface area contributed by atoms with E-state index in [1.54, 1.807) is 6.08 Å². The Morgan fingerprint density at radius 2 is 2.36 bits per heavy atom. The highest BCUT2D eigenvalue weighted by Crippen LogP contribution is 2.21. The van der Waals surface area contributed by atoms with Gasteiger partial charge in [-0.25, -0.2) is 0 Å². The number of allylic oxidation sites excluding steroid dienone is 2. The molecule has 0 bridgehead atoms. The van der Waals surface area contributed by atoms with Crippen LogP contribution >= 0.6 is 0 Å². The van der Waals surface area contributed by atoms with Crippen LogP contribution in [0.15, 0.2) is 24.0 Å². The zero-order valence-corrected chi connectivity index (χ0v) is 8.84. The van der Waals surface area contributed by atoms with Crippen molar-refractivity contribution in [3.8, 4) is 0 Å². The second kappa shape index (κ2) is 5.63. The van der Waals surface area contributed by atoms with Crippen molar-refractivity contribution in [1.29, 1.82) is 0 Å². The highest BCUT2D eigenvalue weighted by molar-refractivity contribution is 5.91. The summed E-state index contributed by atoms with van der Waals surface area (Å²) in [5.74, 6) is 0.887. The lowest BCUT2D eigenvalue weighted by atomic mass is 9.98. The summed E-state index contributed by atoms with van der Waals surface area (Å²) in [6.45, 7) is 6.67. The largest absolute Gasteiger partial charge is 0.494 e. The number of carbonyl (C=O) groups excluding carboxylic acids is 1. The molecule has 0 spiro atoms. The van der Waals surface area contributed by atoms with Gasteiger partial charge in [0.2, 0.25) is 0 Å². The Labute approximate surface area is 85.6 Å². The van der Waals surface area contributed by atoms with Gasteiger partial charge < -0.3 is 4.74 Å². The van der Waals surface area contributed by atoms with Gasteiger partial charge >= 0.3 is 0 Å². The van der Waals surface area contributed by atoms with Crippen LogP contribution in [0.4, 0.5) is 0 Å². The van der Waals surface area contributed by atoms with Crippen LogP contribution in [0.25, 0.3) is 0 Å². The first-order chi connectivity index (χ1) is 6.74. The van der Waals surface area contributed by atoms with Gasteiger partial charge in [0, 0.05) is 6.42 Å². The Balaban J connectivity index is 2.39. The van der Waals surface area contributed by atoms with Crippen molar-refractivity contribution in [2.75, 3.05) is 6.61 Å². The Hall–Kier alpha value is -1.05. The Morgan fingerprint density at radius 3 is 3.00 bits per heavy atom. The molecule has 0 aliphatic heterocycles. The molecule has 2 heteroatoms. The van der Waals surface area contributed by atoms with E-state index in [-0.39, 0.29) is 5.78 Å². The fourth-order valence-corrected chi connectivity index (χ4v) is 1.44. The van der Waals surface area contributed by atoms with Crippen molar-refractivity contribution >= 4 is 5.78 Å². The fourth-order valence-electron chi connectivity index (χ4n) is 1.44. The second-order valence-corrected chi connectivity index (χ2v) is 3.61. The van der Waals surface area contributed by atoms with Crippen molar-refractivity contribution in [3.05, 3.63) is 24.0 Å². The van der Waals surface area contributed by atoms with Gasteiger partial charge in [-0.2, -0.15) is 0 Å². The first kappa shape index (κ1) is 11.0. The number of rotatable bonds is 5. The maximum absolute atomic E-state index is 11.1. The molecule has 2 nitrogen and oxygen atoms in total. The maximum atomic E-state index is 11.1. The Morgan fingerprint density at radius 1 is 1.57 bits per heavy atom. The van der Waals surface area contributed by atoms with Gasteiger partial charge in [-0.3, -0.25) is 4.79 Å². The van der Waals surface area contributed by atoms with Crippen LogP contribution in [0.3, 0.4) is 0 Å². The molecule has 0 heterocycles. The molecule has 0 fully saturated rings. The third kappa shape index (κ3) is 3.36. The van der Waals surface area contributed by atoms with E-state index < -0.39 is 0 Å². The van der Waals surface area contributed by atoms with Gasteiger partial charge in [0.15, 0.2) is 5.78 Å². The molecule has 1 aliphatic rings. The number of carbonyl (C=O) groups is 1. The van der Waals surface area contributed by atoms with Crippen LogP contribution in [0.2, 0.25) is 0 Å². The van der Waals surface area contributed by atoms with Crippen LogP contribution < -0.4 is 0 Å². The van der Waals surface area contributed by atoms with E-state index in [1.165, 1.54) is 0 Å². The minimum absolute atomic E-state index is 0.200. The molecule has 0 radical (unpaired) electrons. The van der Waals surface area contributed by atoms with Crippen molar-refractivity contribution in [2.24, 2.45) is 0 Å². The number of hydrogen-bond donors (Lipinski definition) is 0. The Kier molecular flexibility index (Phi) is 4.44. The predicted octanol–water partition coefficient (Wildman–Crippen LogP) is 3.00. The zero-order valence-electron chi connectivity index (χ0n) is 8.84. The van der Waals surface area contributed by atoms with E-state index in [1.807, 2.05) is 0 Å². The number of hydrogen-bond acceptors (Lipinski definition) is 2. The predicted molar refractivity (Wildman–Crippen MR) is 56.9 cm³/mol. The van der Waals surface area contributed by atoms with Gasteiger partial charge in [0.25, 0.3) is 0 Å². The van der Waals surface area contributed by atoms with Crippen molar-refractivity contribution in [2.45, 2.75) is 39.0 Å². The lowest BCUT2D eigenvalue weighted by Gasteiger charge is -2.15. The summed E-state index contributed by atoms with van der Waals surface area (Å²) < 4.78 is 5.46. The van der Waals surface area contributed by atoms with Gasteiger partial charge in [-0.05, 0) is 30.9 Å². The summed E-state index contributed by atoms with van der Waals surface area (Å²) in [6, 6.07) is 0. The van der Waals surface area contributed by atoms with E-state index in [2.05, 4.69) is 13.5 Å². The average molecular weight is 194 g/mol. The van der Waals surface area contributed by atoms with Crippen LogP contribution in [0, 0.1) is 0 Å². The molecule has 1 rings (SSSR count). The molecule has 0 aromatic carbocycles. The van der Waals surface area contributed by atoms with Gasteiger partial charge in [0.05, 0.1) is 6.61 Å². The lowest BCUT2D eigenvalue weighted by molar-refractivity contribution is -0.115. The minimum Gasteiger partial charge on any atom is -0.494 e. The van der Waals surface area contributed by atoms with Crippen molar-refractivity contribution in [1.82, 2.24) is 0 Å². The van der Waals surface area contributed by atoms with Gasteiger partial charge in [-0.15, -0.1) is 0 Å². The summed E-state index contributed by atoms with van der Waals surface area (Å²) in [7, 11) is 0. The van der Waals surface area contributed by atoms with Crippen molar-refractivity contribution < 1.29 is 9.53 Å². The molecule has 0 saturated heterocycles. The maximum Gasteiger partial charge on any atom is 0.156 e. The number of unbranched alkanes of at least 4 members (excludes halogenated alkanes) is 1. The summed E-state index contributed by atoms with van der Waals surface area (Å²) in [4.78, 5) is 11.1. The monoisotopic (exact) mass is 194 g/mol. The van der Waals surface area contributed by atoms with Crippen LogP contribution in [0.5, 0.6) is 0 Å². The molecule has 0 unspecified atom stereocenters. The number of ketones is 1. The van der Waals surface area contributed by atoms with E-state index in [0.29, 0.717) is 18.8 Å². The molecule has 14 heavy (non-hydrogen) atoms. The molecule has 0 N–H and O–H groups in total. The topological polar surface area (TPSA) is 26.3 Å². The molecule has 0 aromatic heterocycles. The van der Waals surface area contributed by atoms with Crippen LogP contribution in [0.1, 0.15) is 39.0 Å². The first-order valence-corrected chi connectivity index (χ1v) is 5.29. The lowest BCUT2D eigenvalue weighted by Crippen LogP contribution is -2.06. The van der Waals surface area contributed by atoms with Crippen LogP contribution in [-0.4, -0.2) is 12.4 Å². The van der Waals surface area contributed by atoms with E-state index >= 15 is 0 Å². The van der Waals surface area contributed by atoms with E-state index in [0.717, 1.165) is 31.3 Å². The van der Waals surface area contributed by atoms with E-state index in [4.69, 9.17) is 4.74 Å². The normalized spacial score (nSPS) is 16.4. The molecular weight excluding hydrogens is 176 g/mol. The zero-order chi connectivity index (χ0) is 10.4. The molecule has 1 aliphatic carbocycles. The van der Waals surface area contributed by atoms with E-state index in [9.17, 15) is 4.79 Å². The highest BCUT2D eigenvalue weighted by atomic mass is 16.5. The molecule has 0 saturated carbocycles. The smallest absolute Gasteiger partial charge is 0.156 e. The number of ether oxygens (including phenoxy) is 1. The van der Waals surface area contributed by atoms with Crippen molar-refractivity contribution in [3.63, 3.8) is 0 Å². The van der Waals surface area contributed by atoms with Gasteiger partial charge in [-0.1, -0.05) is 19.9 Å². The molecular formula is C12H18O2. The quantitative estimate of drug-likeness (QED) is 0.496. The summed E-state index contributed by atoms with van der Waals surface area (Å²) in [5.41, 5.74) is 0.984. The standard InChI is InChI=1S/C12H18O2/c1-3-4-8-14-10(2)11-6-5-7-12(13)9-11/h9H,2-8H2,1H3. The molecule has 0 amide bonds. The SMILES string of the molecule is C=C(OCCCC)C1=CC(=O)CCC1. The van der Waals surface area contributed by atoms with Gasteiger partial charge in [0.1, 0.15) is 5.76 Å². The molecule has 0 aromatic rings. The third-order valence-corrected chi connectivity index (χ3v) is 2.34. The third-order valence-electron chi connectivity index (χ3n) is 2.34. The fraction of sp³-hybridized carbons (Fsp3) is 0.583. The van der Waals surface area contributed by atoms with Crippen LogP contribution in [-0.2, 0) is 9.53 Å². The highest BCUT2D eigenvalue weighted by Gasteiger charge is 2.12. The second-order valence-electron chi connectivity index (χ2n) is 3.61. The summed E-state index contributed by atoms with van der Waals surface area (Å²) in [6.07, 6.45) is 6.37. The Bertz CT molecular complexity index is 251.